The minimum Gasteiger partial charge on any atom is -0.391 e. The first-order valence-corrected chi connectivity index (χ1v) is 5.38. The zero-order valence-corrected chi connectivity index (χ0v) is 8.21. The Morgan fingerprint density at radius 2 is 2.17 bits per heavy atom. The van der Waals surface area contributed by atoms with Crippen molar-refractivity contribution in [2.75, 3.05) is 0 Å². The van der Waals surface area contributed by atoms with E-state index in [0.29, 0.717) is 4.47 Å². The van der Waals surface area contributed by atoms with E-state index in [9.17, 15) is 4.57 Å². The van der Waals surface area contributed by atoms with Gasteiger partial charge in [0, 0.05) is 0 Å². The summed E-state index contributed by atoms with van der Waals surface area (Å²) in [5.74, 6) is 0.568. The van der Waals surface area contributed by atoms with E-state index in [4.69, 9.17) is 4.89 Å². The molecule has 2 rings (SSSR count). The highest BCUT2D eigenvalue weighted by molar-refractivity contribution is 9.10. The first-order chi connectivity index (χ1) is 5.58. The van der Waals surface area contributed by atoms with Crippen LogP contribution in [0.5, 0.6) is 11.5 Å². The standard InChI is InChI=1S/C6H4BrO4P/c7-4-2-1-3-5-6(4)11-12(8,9)10-5/h1-3H,(H,8,9). The van der Waals surface area contributed by atoms with Gasteiger partial charge in [0.15, 0.2) is 11.5 Å². The zero-order valence-electron chi connectivity index (χ0n) is 5.73. The lowest BCUT2D eigenvalue weighted by Gasteiger charge is -1.98. The highest BCUT2D eigenvalue weighted by Crippen LogP contribution is 2.57. The largest absolute Gasteiger partial charge is 0.585 e. The van der Waals surface area contributed by atoms with Gasteiger partial charge in [0.2, 0.25) is 0 Å². The van der Waals surface area contributed by atoms with E-state index < -0.39 is 7.82 Å². The molecule has 64 valence electrons. The summed E-state index contributed by atoms with van der Waals surface area (Å²) in [5.41, 5.74) is 0. The summed E-state index contributed by atoms with van der Waals surface area (Å²) < 4.78 is 20.8. The minimum atomic E-state index is -3.88. The number of para-hydroxylation sites is 1. The predicted molar refractivity (Wildman–Crippen MR) is 45.2 cm³/mol. The third-order valence-corrected chi connectivity index (χ3v) is 2.82. The van der Waals surface area contributed by atoms with Crippen LogP contribution >= 0.6 is 23.8 Å². The van der Waals surface area contributed by atoms with Crippen molar-refractivity contribution in [1.29, 1.82) is 0 Å². The Kier molecular flexibility index (Phi) is 1.68. The number of rotatable bonds is 0. The van der Waals surface area contributed by atoms with Gasteiger partial charge in [0.05, 0.1) is 4.47 Å². The van der Waals surface area contributed by atoms with E-state index in [2.05, 4.69) is 25.0 Å². The SMILES string of the molecule is O=P1(O)Oc2cccc(Br)c2O1. The van der Waals surface area contributed by atoms with Crippen molar-refractivity contribution in [2.24, 2.45) is 0 Å². The molecule has 4 nitrogen and oxygen atoms in total. The van der Waals surface area contributed by atoms with E-state index in [0.717, 1.165) is 0 Å². The quantitative estimate of drug-likeness (QED) is 0.719. The molecular formula is C6H4BrO4P. The third-order valence-electron chi connectivity index (χ3n) is 1.35. The first-order valence-electron chi connectivity index (χ1n) is 3.09. The van der Waals surface area contributed by atoms with E-state index in [1.807, 2.05) is 0 Å². The van der Waals surface area contributed by atoms with E-state index >= 15 is 0 Å². The van der Waals surface area contributed by atoms with Crippen LogP contribution in [-0.2, 0) is 4.57 Å². The van der Waals surface area contributed by atoms with E-state index in [-0.39, 0.29) is 11.5 Å². The molecule has 1 unspecified atom stereocenters. The molecule has 0 fully saturated rings. The van der Waals surface area contributed by atoms with Crippen LogP contribution < -0.4 is 9.05 Å². The van der Waals surface area contributed by atoms with Gasteiger partial charge in [-0.2, -0.15) is 0 Å². The van der Waals surface area contributed by atoms with Crippen molar-refractivity contribution in [2.45, 2.75) is 0 Å². The highest BCUT2D eigenvalue weighted by atomic mass is 79.9. The fourth-order valence-electron chi connectivity index (χ4n) is 0.908. The van der Waals surface area contributed by atoms with Crippen LogP contribution in [0.4, 0.5) is 0 Å². The number of benzene rings is 1. The maximum atomic E-state index is 10.9. The molecule has 1 heterocycles. The predicted octanol–water partition coefficient (Wildman–Crippen LogP) is 2.32. The Hall–Kier alpha value is -0.510. The number of hydrogen-bond donors (Lipinski definition) is 1. The molecule has 6 heteroatoms. The number of phosphoric acid groups is 1. The Morgan fingerprint density at radius 3 is 2.83 bits per heavy atom. The van der Waals surface area contributed by atoms with Gasteiger partial charge in [0.1, 0.15) is 0 Å². The van der Waals surface area contributed by atoms with Crippen molar-refractivity contribution < 1.29 is 18.5 Å². The molecule has 0 spiro atoms. The average molecular weight is 251 g/mol. The molecule has 0 saturated carbocycles. The summed E-state index contributed by atoms with van der Waals surface area (Å²) in [6, 6.07) is 4.96. The first kappa shape index (κ1) is 8.10. The molecule has 0 radical (unpaired) electrons. The van der Waals surface area contributed by atoms with Gasteiger partial charge in [-0.05, 0) is 28.1 Å². The number of hydrogen-bond acceptors (Lipinski definition) is 3. The lowest BCUT2D eigenvalue weighted by molar-refractivity contribution is 0.323. The van der Waals surface area contributed by atoms with Crippen molar-refractivity contribution in [3.05, 3.63) is 22.7 Å². The van der Waals surface area contributed by atoms with Gasteiger partial charge < -0.3 is 9.05 Å². The average Bonchev–Trinajstić information content (AvgIpc) is 2.25. The molecule has 1 N–H and O–H groups in total. The van der Waals surface area contributed by atoms with Gasteiger partial charge >= 0.3 is 7.82 Å². The second kappa shape index (κ2) is 2.49. The Labute approximate surface area is 76.9 Å². The summed E-state index contributed by atoms with van der Waals surface area (Å²) in [5, 5.41) is 0. The third kappa shape index (κ3) is 1.24. The topological polar surface area (TPSA) is 55.8 Å². The maximum Gasteiger partial charge on any atom is 0.585 e. The maximum absolute atomic E-state index is 10.9. The van der Waals surface area contributed by atoms with Gasteiger partial charge in [-0.15, -0.1) is 0 Å². The van der Waals surface area contributed by atoms with Crippen molar-refractivity contribution in [3.63, 3.8) is 0 Å². The second-order valence-electron chi connectivity index (χ2n) is 2.22. The lowest BCUT2D eigenvalue weighted by atomic mass is 10.3. The van der Waals surface area contributed by atoms with Crippen LogP contribution in [0.3, 0.4) is 0 Å². The number of phosphoric ester groups is 1. The van der Waals surface area contributed by atoms with Crippen LogP contribution in [0.15, 0.2) is 22.7 Å². The molecule has 1 atom stereocenters. The number of halogens is 1. The van der Waals surface area contributed by atoms with Crippen LogP contribution in [0, 0.1) is 0 Å². The summed E-state index contributed by atoms with van der Waals surface area (Å²) >= 11 is 3.16. The minimum absolute atomic E-state index is 0.281. The number of fused-ring (bicyclic) bond motifs is 1. The summed E-state index contributed by atoms with van der Waals surface area (Å²) in [4.78, 5) is 8.93. The van der Waals surface area contributed by atoms with E-state index in [1.165, 1.54) is 0 Å². The Bertz CT molecular complexity index is 378. The molecule has 1 aliphatic heterocycles. The molecule has 0 amide bonds. The molecule has 0 saturated heterocycles. The summed E-state index contributed by atoms with van der Waals surface area (Å²) in [7, 11) is -3.88. The van der Waals surface area contributed by atoms with Crippen molar-refractivity contribution >= 4 is 23.8 Å². The van der Waals surface area contributed by atoms with Crippen LogP contribution in [0.25, 0.3) is 0 Å². The van der Waals surface area contributed by atoms with Crippen molar-refractivity contribution in [1.82, 2.24) is 0 Å². The Balaban J connectivity index is 2.55. The fraction of sp³-hybridized carbons (Fsp3) is 0. The van der Waals surface area contributed by atoms with Gasteiger partial charge in [0.25, 0.3) is 0 Å². The fourth-order valence-corrected chi connectivity index (χ4v) is 2.31. The molecule has 1 aromatic rings. The zero-order chi connectivity index (χ0) is 8.77. The monoisotopic (exact) mass is 250 g/mol. The normalized spacial score (nSPS) is 25.8. The van der Waals surface area contributed by atoms with Crippen LogP contribution in [0.1, 0.15) is 0 Å². The summed E-state index contributed by atoms with van der Waals surface area (Å²) in [6.07, 6.45) is 0. The van der Waals surface area contributed by atoms with Gasteiger partial charge in [-0.25, -0.2) is 4.57 Å². The molecule has 0 aliphatic carbocycles. The molecule has 12 heavy (non-hydrogen) atoms. The van der Waals surface area contributed by atoms with Crippen LogP contribution in [-0.4, -0.2) is 4.89 Å². The molecule has 1 aromatic carbocycles. The lowest BCUT2D eigenvalue weighted by Crippen LogP contribution is -1.87. The highest BCUT2D eigenvalue weighted by Gasteiger charge is 2.35. The van der Waals surface area contributed by atoms with E-state index in [1.54, 1.807) is 18.2 Å². The second-order valence-corrected chi connectivity index (χ2v) is 4.37. The molecule has 0 aromatic heterocycles. The van der Waals surface area contributed by atoms with Gasteiger partial charge in [-0.1, -0.05) is 6.07 Å². The summed E-state index contributed by atoms with van der Waals surface area (Å²) in [6.45, 7) is 0. The smallest absolute Gasteiger partial charge is 0.391 e. The molecule has 1 aliphatic rings. The van der Waals surface area contributed by atoms with Crippen molar-refractivity contribution in [3.8, 4) is 11.5 Å². The van der Waals surface area contributed by atoms with Gasteiger partial charge in [-0.3, -0.25) is 4.89 Å². The molecular weight excluding hydrogens is 247 g/mol. The Morgan fingerprint density at radius 1 is 1.42 bits per heavy atom. The van der Waals surface area contributed by atoms with Crippen LogP contribution in [0.2, 0.25) is 0 Å². The molecule has 0 bridgehead atoms.